The molecular weight excluding hydrogens is 568 g/mol. The van der Waals surface area contributed by atoms with Crippen LogP contribution in [0.3, 0.4) is 0 Å². The predicted octanol–water partition coefficient (Wildman–Crippen LogP) is 4.99. The van der Waals surface area contributed by atoms with Crippen LogP contribution in [-0.2, 0) is 37.3 Å². The van der Waals surface area contributed by atoms with Gasteiger partial charge in [0.25, 0.3) is 0 Å². The van der Waals surface area contributed by atoms with Gasteiger partial charge < -0.3 is 25.0 Å². The van der Waals surface area contributed by atoms with Crippen molar-refractivity contribution >= 4 is 16.0 Å². The molecule has 0 radical (unpaired) electrons. The van der Waals surface area contributed by atoms with Gasteiger partial charge in [0.15, 0.2) is 0 Å². The maximum atomic E-state index is 11.9. The Bertz CT molecular complexity index is 1390. The second-order valence-electron chi connectivity index (χ2n) is 10.6. The first-order valence-electron chi connectivity index (χ1n) is 14.8. The Morgan fingerprint density at radius 1 is 0.930 bits per heavy atom. The van der Waals surface area contributed by atoms with E-state index in [2.05, 4.69) is 5.32 Å². The minimum Gasteiger partial charge on any atom is -0.508 e. The molecule has 0 aliphatic carbocycles. The van der Waals surface area contributed by atoms with Crippen LogP contribution in [0, 0.1) is 0 Å². The van der Waals surface area contributed by atoms with Crippen LogP contribution in [0.2, 0.25) is 0 Å². The van der Waals surface area contributed by atoms with Crippen molar-refractivity contribution in [3.05, 3.63) is 83.4 Å². The Morgan fingerprint density at radius 3 is 2.35 bits per heavy atom. The summed E-state index contributed by atoms with van der Waals surface area (Å²) in [4.78, 5) is 11.1. The maximum absolute atomic E-state index is 11.9. The molecule has 43 heavy (non-hydrogen) atoms. The standard InChI is InChI=1S/C33H44N2O7S/c1-25(36)42-24-29-22-28(17-18-31(29)37)32(38)23-35-19-7-2-3-8-20-41-21-9-6-10-26-13-15-27(16-14-26)30-11-4-5-12-33(30)43(34,39)40/h4-5,11-18,22,32,35,37-38H,2-3,6-10,19-21,23-24H2,1H3,(H2,34,39,40)/t32-/m0/s1. The number of aromatic hydroxyl groups is 1. The second-order valence-corrected chi connectivity index (χ2v) is 12.1. The Kier molecular flexibility index (Phi) is 14.1. The van der Waals surface area contributed by atoms with Crippen LogP contribution in [0.25, 0.3) is 11.1 Å². The molecule has 0 amide bonds. The van der Waals surface area contributed by atoms with Gasteiger partial charge in [-0.1, -0.05) is 61.4 Å². The van der Waals surface area contributed by atoms with E-state index in [0.29, 0.717) is 23.2 Å². The van der Waals surface area contributed by atoms with E-state index < -0.39 is 22.1 Å². The van der Waals surface area contributed by atoms with Crippen LogP contribution >= 0.6 is 0 Å². The van der Waals surface area contributed by atoms with E-state index in [0.717, 1.165) is 70.3 Å². The molecule has 0 aliphatic rings. The van der Waals surface area contributed by atoms with Gasteiger partial charge in [-0.3, -0.25) is 4.79 Å². The highest BCUT2D eigenvalue weighted by atomic mass is 32.2. The van der Waals surface area contributed by atoms with Gasteiger partial charge in [-0.05, 0) is 73.5 Å². The lowest BCUT2D eigenvalue weighted by Crippen LogP contribution is -2.22. The molecule has 3 rings (SSSR count). The van der Waals surface area contributed by atoms with Gasteiger partial charge in [0, 0.05) is 37.8 Å². The number of nitrogens with one attached hydrogen (secondary N) is 1. The monoisotopic (exact) mass is 612 g/mol. The summed E-state index contributed by atoms with van der Waals surface area (Å²) in [6.45, 7) is 3.97. The highest BCUT2D eigenvalue weighted by Gasteiger charge is 2.14. The van der Waals surface area contributed by atoms with Crippen molar-refractivity contribution < 1.29 is 32.9 Å². The summed E-state index contributed by atoms with van der Waals surface area (Å²) in [5, 5.41) is 29.0. The fraction of sp³-hybridized carbons (Fsp3) is 0.424. The number of hydrogen-bond donors (Lipinski definition) is 4. The largest absolute Gasteiger partial charge is 0.508 e. The average Bonchev–Trinajstić information content (AvgIpc) is 2.98. The number of ether oxygens (including phenoxy) is 2. The summed E-state index contributed by atoms with van der Waals surface area (Å²) in [7, 11) is -3.78. The third kappa shape index (κ3) is 12.1. The lowest BCUT2D eigenvalue weighted by Gasteiger charge is -2.14. The molecule has 0 bridgehead atoms. The number of phenols is 1. The highest BCUT2D eigenvalue weighted by molar-refractivity contribution is 7.89. The quantitative estimate of drug-likeness (QED) is 0.109. The first kappa shape index (κ1) is 34.2. The number of carbonyl (C=O) groups excluding carboxylic acids is 1. The number of rotatable bonds is 19. The summed E-state index contributed by atoms with van der Waals surface area (Å²) < 4.78 is 34.5. The Balaban J connectivity index is 1.20. The number of unbranched alkanes of at least 4 members (excludes halogenated alkanes) is 4. The normalized spacial score (nSPS) is 12.3. The van der Waals surface area contributed by atoms with E-state index in [1.165, 1.54) is 24.6 Å². The Labute approximate surface area is 255 Å². The topological polar surface area (TPSA) is 148 Å². The van der Waals surface area contributed by atoms with Gasteiger partial charge in [0.2, 0.25) is 10.0 Å². The van der Waals surface area contributed by atoms with Crippen molar-refractivity contribution in [2.45, 2.75) is 69.5 Å². The smallest absolute Gasteiger partial charge is 0.302 e. The number of aliphatic hydroxyl groups is 1. The molecule has 0 saturated carbocycles. The van der Waals surface area contributed by atoms with E-state index >= 15 is 0 Å². The van der Waals surface area contributed by atoms with Crippen LogP contribution in [-0.4, -0.2) is 50.9 Å². The van der Waals surface area contributed by atoms with Crippen molar-refractivity contribution in [2.24, 2.45) is 5.14 Å². The lowest BCUT2D eigenvalue weighted by atomic mass is 10.0. The molecule has 3 aromatic rings. The lowest BCUT2D eigenvalue weighted by molar-refractivity contribution is -0.142. The van der Waals surface area contributed by atoms with Crippen molar-refractivity contribution in [3.8, 4) is 16.9 Å². The minimum absolute atomic E-state index is 0.0295. The zero-order chi connectivity index (χ0) is 31.1. The molecule has 0 heterocycles. The van der Waals surface area contributed by atoms with Crippen molar-refractivity contribution in [1.82, 2.24) is 5.32 Å². The molecule has 3 aromatic carbocycles. The zero-order valence-corrected chi connectivity index (χ0v) is 25.7. The fourth-order valence-corrected chi connectivity index (χ4v) is 5.47. The molecule has 0 aromatic heterocycles. The molecule has 0 unspecified atom stereocenters. The number of phenolic OH excluding ortho intramolecular Hbond substituents is 1. The predicted molar refractivity (Wildman–Crippen MR) is 167 cm³/mol. The van der Waals surface area contributed by atoms with Gasteiger partial charge in [0.1, 0.15) is 12.4 Å². The first-order chi connectivity index (χ1) is 20.6. The van der Waals surface area contributed by atoms with Gasteiger partial charge >= 0.3 is 5.97 Å². The number of nitrogens with two attached hydrogens (primary N) is 1. The summed E-state index contributed by atoms with van der Waals surface area (Å²) in [5.41, 5.74) is 3.76. The minimum atomic E-state index is -3.78. The van der Waals surface area contributed by atoms with Crippen LogP contribution in [0.5, 0.6) is 5.75 Å². The van der Waals surface area contributed by atoms with Gasteiger partial charge in [-0.15, -0.1) is 0 Å². The van der Waals surface area contributed by atoms with Crippen molar-refractivity contribution in [2.75, 3.05) is 26.3 Å². The van der Waals surface area contributed by atoms with Crippen molar-refractivity contribution in [1.29, 1.82) is 0 Å². The zero-order valence-electron chi connectivity index (χ0n) is 24.8. The molecule has 0 spiro atoms. The number of esters is 1. The number of aliphatic hydroxyl groups excluding tert-OH is 1. The van der Waals surface area contributed by atoms with Gasteiger partial charge in [0.05, 0.1) is 11.0 Å². The maximum Gasteiger partial charge on any atom is 0.302 e. The summed E-state index contributed by atoms with van der Waals surface area (Å²) >= 11 is 0. The van der Waals surface area contributed by atoms with Crippen LogP contribution in [0.1, 0.15) is 68.2 Å². The fourth-order valence-electron chi connectivity index (χ4n) is 4.71. The molecule has 5 N–H and O–H groups in total. The second kappa shape index (κ2) is 17.7. The highest BCUT2D eigenvalue weighted by Crippen LogP contribution is 2.27. The van der Waals surface area contributed by atoms with Crippen molar-refractivity contribution in [3.63, 3.8) is 0 Å². The molecule has 0 saturated heterocycles. The van der Waals surface area contributed by atoms with Gasteiger partial charge in [-0.2, -0.15) is 0 Å². The molecular formula is C33H44N2O7S. The van der Waals surface area contributed by atoms with E-state index in [1.807, 2.05) is 24.3 Å². The number of sulfonamides is 1. The SMILES string of the molecule is CC(=O)OCc1cc([C@@H](O)CNCCCCCCOCCCCc2ccc(-c3ccccc3S(N)(=O)=O)cc2)ccc1O. The van der Waals surface area contributed by atoms with E-state index in [1.54, 1.807) is 30.3 Å². The molecule has 0 aliphatic heterocycles. The van der Waals surface area contributed by atoms with E-state index in [9.17, 15) is 23.4 Å². The molecule has 9 nitrogen and oxygen atoms in total. The van der Waals surface area contributed by atoms with Crippen LogP contribution < -0.4 is 10.5 Å². The number of primary sulfonamides is 1. The van der Waals surface area contributed by atoms with Crippen LogP contribution in [0.15, 0.2) is 71.6 Å². The van der Waals surface area contributed by atoms with E-state index in [-0.39, 0.29) is 17.3 Å². The van der Waals surface area contributed by atoms with Crippen LogP contribution in [0.4, 0.5) is 0 Å². The summed E-state index contributed by atoms with van der Waals surface area (Å²) in [6.07, 6.45) is 6.40. The Morgan fingerprint density at radius 2 is 1.63 bits per heavy atom. The number of carbonyl (C=O) groups is 1. The molecule has 234 valence electrons. The molecule has 10 heteroatoms. The average molecular weight is 613 g/mol. The number of hydrogen-bond acceptors (Lipinski definition) is 8. The number of aryl methyl sites for hydroxylation is 1. The van der Waals surface area contributed by atoms with E-state index in [4.69, 9.17) is 14.6 Å². The van der Waals surface area contributed by atoms with Gasteiger partial charge in [-0.25, -0.2) is 13.6 Å². The first-order valence-corrected chi connectivity index (χ1v) is 16.3. The third-order valence-electron chi connectivity index (χ3n) is 7.11. The molecule has 0 fully saturated rings. The number of benzene rings is 3. The summed E-state index contributed by atoms with van der Waals surface area (Å²) in [5.74, 6) is -0.394. The third-order valence-corrected chi connectivity index (χ3v) is 8.08. The summed E-state index contributed by atoms with van der Waals surface area (Å²) in [6, 6.07) is 19.5. The Hall–Kier alpha value is -3.28. The molecule has 1 atom stereocenters.